The van der Waals surface area contributed by atoms with Gasteiger partial charge in [0.2, 0.25) is 5.91 Å². The van der Waals surface area contributed by atoms with Crippen LogP contribution in [0.2, 0.25) is 0 Å². The first-order valence-electron chi connectivity index (χ1n) is 9.20. The second-order valence-electron chi connectivity index (χ2n) is 6.56. The predicted molar refractivity (Wildman–Crippen MR) is 118 cm³/mol. The topological polar surface area (TPSA) is 55.6 Å². The Hall–Kier alpha value is -2.84. The van der Waals surface area contributed by atoms with Crippen LogP contribution in [0.3, 0.4) is 0 Å². The van der Waals surface area contributed by atoms with Crippen molar-refractivity contribution in [1.82, 2.24) is 4.98 Å². The van der Waals surface area contributed by atoms with Crippen LogP contribution in [0.25, 0.3) is 10.2 Å². The number of hydrogen-bond acceptors (Lipinski definition) is 6. The van der Waals surface area contributed by atoms with Gasteiger partial charge in [0, 0.05) is 4.90 Å². The van der Waals surface area contributed by atoms with Crippen LogP contribution < -0.4 is 9.64 Å². The second kappa shape index (κ2) is 8.89. The number of rotatable bonds is 7. The van der Waals surface area contributed by atoms with Gasteiger partial charge >= 0.3 is 0 Å². The minimum atomic E-state index is -0.302. The van der Waals surface area contributed by atoms with Crippen LogP contribution in [0.4, 0.5) is 9.52 Å². The van der Waals surface area contributed by atoms with E-state index in [-0.39, 0.29) is 24.0 Å². The molecule has 0 aliphatic rings. The summed E-state index contributed by atoms with van der Waals surface area (Å²) in [5.41, 5.74) is 1.81. The number of methoxy groups -OCH3 is 1. The highest BCUT2D eigenvalue weighted by atomic mass is 32.2. The molecule has 0 spiro atoms. The summed E-state index contributed by atoms with van der Waals surface area (Å²) < 4.78 is 25.0. The number of furan rings is 1. The summed E-state index contributed by atoms with van der Waals surface area (Å²) in [4.78, 5) is 20.3. The number of amides is 1. The van der Waals surface area contributed by atoms with Gasteiger partial charge in [0.15, 0.2) is 5.13 Å². The van der Waals surface area contributed by atoms with Crippen molar-refractivity contribution in [2.75, 3.05) is 17.8 Å². The average molecular weight is 443 g/mol. The molecule has 0 saturated heterocycles. The third kappa shape index (κ3) is 4.34. The van der Waals surface area contributed by atoms with E-state index < -0.39 is 0 Å². The van der Waals surface area contributed by atoms with E-state index >= 15 is 0 Å². The number of anilines is 1. The average Bonchev–Trinajstić information content (AvgIpc) is 3.42. The normalized spacial score (nSPS) is 11.0. The Labute approximate surface area is 181 Å². The van der Waals surface area contributed by atoms with Gasteiger partial charge in [-0.05, 0) is 55.0 Å². The van der Waals surface area contributed by atoms with Crippen molar-refractivity contribution in [2.24, 2.45) is 0 Å². The van der Waals surface area contributed by atoms with E-state index in [0.29, 0.717) is 16.6 Å². The Bertz CT molecular complexity index is 1160. The fourth-order valence-corrected chi connectivity index (χ4v) is 4.80. The standard InChI is InChI=1S/C22H19FN2O3S2/c1-14-5-10-18(27-2)20-21(14)30-22(24-20)25(12-16-4-3-11-28-16)19(26)13-29-17-8-6-15(23)7-9-17/h3-11H,12-13H2,1-2H3. The van der Waals surface area contributed by atoms with Gasteiger partial charge in [-0.2, -0.15) is 0 Å². The lowest BCUT2D eigenvalue weighted by molar-refractivity contribution is -0.116. The van der Waals surface area contributed by atoms with Gasteiger partial charge in [-0.3, -0.25) is 9.69 Å². The molecule has 1 amide bonds. The van der Waals surface area contributed by atoms with Crippen molar-refractivity contribution < 1.29 is 18.3 Å². The third-order valence-corrected chi connectivity index (χ3v) is 6.72. The van der Waals surface area contributed by atoms with Gasteiger partial charge in [0.25, 0.3) is 0 Å². The summed E-state index contributed by atoms with van der Waals surface area (Å²) in [6, 6.07) is 13.6. The summed E-state index contributed by atoms with van der Waals surface area (Å²) in [5.74, 6) is 1.11. The van der Waals surface area contributed by atoms with Crippen molar-refractivity contribution in [1.29, 1.82) is 0 Å². The second-order valence-corrected chi connectivity index (χ2v) is 8.59. The van der Waals surface area contributed by atoms with Crippen LogP contribution in [-0.2, 0) is 11.3 Å². The monoisotopic (exact) mass is 442 g/mol. The number of hydrogen-bond donors (Lipinski definition) is 0. The molecule has 0 bridgehead atoms. The molecule has 5 nitrogen and oxygen atoms in total. The molecule has 4 rings (SSSR count). The molecule has 0 atom stereocenters. The zero-order chi connectivity index (χ0) is 21.1. The number of carbonyl (C=O) groups is 1. The van der Waals surface area contributed by atoms with E-state index in [1.54, 1.807) is 36.5 Å². The number of thiazole rings is 1. The maximum Gasteiger partial charge on any atom is 0.239 e. The van der Waals surface area contributed by atoms with E-state index in [2.05, 4.69) is 0 Å². The highest BCUT2D eigenvalue weighted by Gasteiger charge is 2.23. The Balaban J connectivity index is 1.64. The molecule has 8 heteroatoms. The molecule has 0 fully saturated rings. The van der Waals surface area contributed by atoms with Crippen LogP contribution in [0, 0.1) is 12.7 Å². The highest BCUT2D eigenvalue weighted by molar-refractivity contribution is 8.00. The molecule has 4 aromatic rings. The Kier molecular flexibility index (Phi) is 6.06. The number of nitrogens with zero attached hydrogens (tertiary/aromatic N) is 2. The summed E-state index contributed by atoms with van der Waals surface area (Å²) in [5, 5.41) is 0.582. The van der Waals surface area contributed by atoms with E-state index in [1.165, 1.54) is 35.2 Å². The zero-order valence-corrected chi connectivity index (χ0v) is 18.1. The molecule has 0 saturated carbocycles. The Morgan fingerprint density at radius 3 is 2.73 bits per heavy atom. The maximum absolute atomic E-state index is 13.2. The molecule has 2 aromatic carbocycles. The largest absolute Gasteiger partial charge is 0.494 e. The van der Waals surface area contributed by atoms with Gasteiger partial charge in [-0.25, -0.2) is 9.37 Å². The molecule has 0 N–H and O–H groups in total. The molecule has 0 unspecified atom stereocenters. The maximum atomic E-state index is 13.2. The van der Waals surface area contributed by atoms with E-state index in [9.17, 15) is 9.18 Å². The molecular formula is C22H19FN2O3S2. The first-order valence-corrected chi connectivity index (χ1v) is 11.0. The SMILES string of the molecule is COc1ccc(C)c2sc(N(Cc3ccco3)C(=O)CSc3ccc(F)cc3)nc12. The molecular weight excluding hydrogens is 423 g/mol. The molecule has 0 radical (unpaired) electrons. The number of thioether (sulfide) groups is 1. The number of ether oxygens (including phenoxy) is 1. The van der Waals surface area contributed by atoms with Gasteiger partial charge < -0.3 is 9.15 Å². The lowest BCUT2D eigenvalue weighted by Gasteiger charge is -2.18. The first kappa shape index (κ1) is 20.4. The number of aromatic nitrogens is 1. The van der Waals surface area contributed by atoms with Crippen LogP contribution >= 0.6 is 23.1 Å². The Morgan fingerprint density at radius 1 is 1.23 bits per heavy atom. The van der Waals surface area contributed by atoms with Crippen molar-refractivity contribution >= 4 is 44.4 Å². The van der Waals surface area contributed by atoms with Crippen molar-refractivity contribution in [3.8, 4) is 5.75 Å². The van der Waals surface area contributed by atoms with Crippen molar-refractivity contribution in [3.63, 3.8) is 0 Å². The number of halogens is 1. The lowest BCUT2D eigenvalue weighted by Crippen LogP contribution is -2.31. The van der Waals surface area contributed by atoms with Crippen LogP contribution in [0.5, 0.6) is 5.75 Å². The minimum Gasteiger partial charge on any atom is -0.494 e. The van der Waals surface area contributed by atoms with E-state index in [0.717, 1.165) is 20.7 Å². The molecule has 154 valence electrons. The van der Waals surface area contributed by atoms with Crippen molar-refractivity contribution in [3.05, 3.63) is 71.9 Å². The van der Waals surface area contributed by atoms with Crippen molar-refractivity contribution in [2.45, 2.75) is 18.4 Å². The fourth-order valence-electron chi connectivity index (χ4n) is 2.95. The van der Waals surface area contributed by atoms with Crippen LogP contribution in [-0.4, -0.2) is 23.8 Å². The molecule has 30 heavy (non-hydrogen) atoms. The molecule has 0 aliphatic carbocycles. The smallest absolute Gasteiger partial charge is 0.239 e. The molecule has 2 aromatic heterocycles. The number of fused-ring (bicyclic) bond motifs is 1. The fraction of sp³-hybridized carbons (Fsp3) is 0.182. The zero-order valence-electron chi connectivity index (χ0n) is 16.4. The third-order valence-electron chi connectivity index (χ3n) is 4.51. The Morgan fingerprint density at radius 2 is 2.03 bits per heavy atom. The summed E-state index contributed by atoms with van der Waals surface area (Å²) in [6.07, 6.45) is 1.58. The number of benzene rings is 2. The van der Waals surface area contributed by atoms with E-state index in [4.69, 9.17) is 14.1 Å². The van der Waals surface area contributed by atoms with Gasteiger partial charge in [0.05, 0.1) is 30.4 Å². The first-order chi connectivity index (χ1) is 14.5. The highest BCUT2D eigenvalue weighted by Crippen LogP contribution is 2.37. The predicted octanol–water partition coefficient (Wildman–Crippen LogP) is 5.67. The lowest BCUT2D eigenvalue weighted by atomic mass is 10.2. The molecule has 0 aliphatic heterocycles. The summed E-state index contributed by atoms with van der Waals surface area (Å²) >= 11 is 2.80. The van der Waals surface area contributed by atoms with Crippen LogP contribution in [0.15, 0.2) is 64.1 Å². The van der Waals surface area contributed by atoms with Crippen LogP contribution in [0.1, 0.15) is 11.3 Å². The van der Waals surface area contributed by atoms with Gasteiger partial charge in [0.1, 0.15) is 22.8 Å². The van der Waals surface area contributed by atoms with Gasteiger partial charge in [-0.1, -0.05) is 17.4 Å². The number of carbonyl (C=O) groups excluding carboxylic acids is 1. The number of aryl methyl sites for hydroxylation is 1. The minimum absolute atomic E-state index is 0.114. The quantitative estimate of drug-likeness (QED) is 0.345. The van der Waals surface area contributed by atoms with Gasteiger partial charge in [-0.15, -0.1) is 11.8 Å². The summed E-state index contributed by atoms with van der Waals surface area (Å²) in [6.45, 7) is 2.28. The summed E-state index contributed by atoms with van der Waals surface area (Å²) in [7, 11) is 1.61. The van der Waals surface area contributed by atoms with E-state index in [1.807, 2.05) is 25.1 Å². The molecule has 2 heterocycles.